The molecule has 0 aliphatic carbocycles. The van der Waals surface area contributed by atoms with Crippen molar-refractivity contribution in [3.63, 3.8) is 0 Å². The molecule has 0 saturated heterocycles. The lowest BCUT2D eigenvalue weighted by Gasteiger charge is -2.27. The second kappa shape index (κ2) is 8.12. The molecule has 2 aromatic rings. The van der Waals surface area contributed by atoms with Crippen LogP contribution in [0.1, 0.15) is 24.9 Å². The van der Waals surface area contributed by atoms with Crippen molar-refractivity contribution in [2.75, 3.05) is 18.2 Å². The predicted octanol–water partition coefficient (Wildman–Crippen LogP) is 4.36. The van der Waals surface area contributed by atoms with Gasteiger partial charge in [-0.05, 0) is 49.2 Å². The quantitative estimate of drug-likeness (QED) is 0.783. The highest BCUT2D eigenvalue weighted by molar-refractivity contribution is 7.99. The van der Waals surface area contributed by atoms with E-state index in [1.807, 2.05) is 43.0 Å². The highest BCUT2D eigenvalue weighted by Gasteiger charge is 2.20. The van der Waals surface area contributed by atoms with Crippen LogP contribution in [0.2, 0.25) is 0 Å². The first-order chi connectivity index (χ1) is 12.2. The van der Waals surface area contributed by atoms with Crippen molar-refractivity contribution in [2.24, 2.45) is 0 Å². The first-order valence-electron chi connectivity index (χ1n) is 8.27. The van der Waals surface area contributed by atoms with Gasteiger partial charge in [-0.15, -0.1) is 11.8 Å². The molecule has 0 saturated carbocycles. The van der Waals surface area contributed by atoms with Crippen molar-refractivity contribution in [2.45, 2.75) is 24.3 Å². The second-order valence-electron chi connectivity index (χ2n) is 5.92. The minimum atomic E-state index is -0.145. The van der Waals surface area contributed by atoms with Gasteiger partial charge in [0.2, 0.25) is 5.91 Å². The number of fused-ring (bicyclic) bond motifs is 1. The van der Waals surface area contributed by atoms with Gasteiger partial charge in [0.05, 0.1) is 13.2 Å². The summed E-state index contributed by atoms with van der Waals surface area (Å²) >= 11 is 1.89. The molecule has 4 nitrogen and oxygen atoms in total. The number of nitrogens with one attached hydrogen (secondary N) is 2. The molecule has 1 atom stereocenters. The average Bonchev–Trinajstić information content (AvgIpc) is 2.62. The van der Waals surface area contributed by atoms with Crippen molar-refractivity contribution in [1.29, 1.82) is 0 Å². The predicted molar refractivity (Wildman–Crippen MR) is 103 cm³/mol. The van der Waals surface area contributed by atoms with E-state index in [2.05, 4.69) is 34.9 Å². The molecular weight excluding hydrogens is 332 g/mol. The average molecular weight is 354 g/mol. The molecule has 1 unspecified atom stereocenters. The van der Waals surface area contributed by atoms with Crippen LogP contribution in [0.5, 0.6) is 5.75 Å². The summed E-state index contributed by atoms with van der Waals surface area (Å²) in [7, 11) is 1.62. The van der Waals surface area contributed by atoms with E-state index >= 15 is 0 Å². The van der Waals surface area contributed by atoms with E-state index in [-0.39, 0.29) is 11.9 Å². The Hall–Kier alpha value is -2.40. The molecule has 1 heterocycles. The van der Waals surface area contributed by atoms with Crippen molar-refractivity contribution >= 4 is 23.4 Å². The summed E-state index contributed by atoms with van der Waals surface area (Å²) in [5, 5.41) is 6.34. The van der Waals surface area contributed by atoms with E-state index in [9.17, 15) is 4.79 Å². The molecule has 0 fully saturated rings. The fourth-order valence-corrected chi connectivity index (χ4v) is 3.98. The third-order valence-electron chi connectivity index (χ3n) is 4.07. The zero-order valence-corrected chi connectivity index (χ0v) is 15.2. The van der Waals surface area contributed by atoms with E-state index in [0.717, 1.165) is 29.3 Å². The summed E-state index contributed by atoms with van der Waals surface area (Å²) in [5.41, 5.74) is 2.91. The Kier molecular flexibility index (Phi) is 5.66. The van der Waals surface area contributed by atoms with Gasteiger partial charge < -0.3 is 15.4 Å². The Morgan fingerprint density at radius 2 is 1.96 bits per heavy atom. The Balaban J connectivity index is 1.62. The van der Waals surface area contributed by atoms with Crippen LogP contribution in [0.3, 0.4) is 0 Å². The molecule has 1 aliphatic heterocycles. The maximum absolute atomic E-state index is 12.2. The summed E-state index contributed by atoms with van der Waals surface area (Å²) in [4.78, 5) is 13.5. The van der Waals surface area contributed by atoms with Crippen molar-refractivity contribution in [1.82, 2.24) is 5.32 Å². The topological polar surface area (TPSA) is 50.4 Å². The number of ether oxygens (including phenoxy) is 1. The lowest BCUT2D eigenvalue weighted by Crippen LogP contribution is -2.24. The summed E-state index contributed by atoms with van der Waals surface area (Å²) in [6, 6.07) is 16.0. The molecule has 1 aliphatic rings. The van der Waals surface area contributed by atoms with Gasteiger partial charge in [-0.2, -0.15) is 0 Å². The lowest BCUT2D eigenvalue weighted by atomic mass is 10.0. The number of thioether (sulfide) groups is 1. The van der Waals surface area contributed by atoms with E-state index in [1.54, 1.807) is 13.2 Å². The molecule has 0 bridgehead atoms. The number of hydrogen-bond donors (Lipinski definition) is 2. The first kappa shape index (κ1) is 17.4. The van der Waals surface area contributed by atoms with Gasteiger partial charge in [0.1, 0.15) is 5.75 Å². The minimum Gasteiger partial charge on any atom is -0.497 e. The fraction of sp³-hybridized carbons (Fsp3) is 0.250. The van der Waals surface area contributed by atoms with Crippen LogP contribution in [-0.4, -0.2) is 18.8 Å². The molecular formula is C20H22N2O2S. The maximum atomic E-state index is 12.2. The normalized spacial score (nSPS) is 16.7. The molecule has 2 N–H and O–H groups in total. The number of amides is 1. The number of carbonyl (C=O) groups is 1. The number of hydrogen-bond acceptors (Lipinski definition) is 4. The van der Waals surface area contributed by atoms with Crippen molar-refractivity contribution in [3.8, 4) is 5.75 Å². The monoisotopic (exact) mass is 354 g/mol. The molecule has 0 aromatic heterocycles. The Bertz CT molecular complexity index is 772. The molecule has 2 aromatic carbocycles. The number of carbonyl (C=O) groups excluding carboxylic acids is 1. The Labute approximate surface area is 152 Å². The van der Waals surface area contributed by atoms with Gasteiger partial charge >= 0.3 is 0 Å². The Morgan fingerprint density at radius 3 is 2.72 bits per heavy atom. The van der Waals surface area contributed by atoms with E-state index in [4.69, 9.17) is 4.74 Å². The molecule has 5 heteroatoms. The van der Waals surface area contributed by atoms with Crippen molar-refractivity contribution < 1.29 is 9.53 Å². The SMILES string of the molecule is COc1ccc(NC(=O)C=C(C)NC2CCSc3ccccc32)cc1. The smallest absolute Gasteiger partial charge is 0.250 e. The van der Waals surface area contributed by atoms with E-state index in [0.29, 0.717) is 0 Å². The van der Waals surface area contributed by atoms with Crippen LogP contribution in [0.25, 0.3) is 0 Å². The number of allylic oxidation sites excluding steroid dienone is 1. The van der Waals surface area contributed by atoms with Gasteiger partial charge in [-0.1, -0.05) is 18.2 Å². The van der Waals surface area contributed by atoms with E-state index in [1.165, 1.54) is 10.5 Å². The number of benzene rings is 2. The largest absolute Gasteiger partial charge is 0.497 e. The molecule has 0 radical (unpaired) electrons. The molecule has 3 rings (SSSR count). The zero-order valence-electron chi connectivity index (χ0n) is 14.4. The van der Waals surface area contributed by atoms with Crippen LogP contribution in [0.4, 0.5) is 5.69 Å². The molecule has 0 spiro atoms. The van der Waals surface area contributed by atoms with Crippen LogP contribution in [0, 0.1) is 0 Å². The van der Waals surface area contributed by atoms with Gasteiger partial charge in [0, 0.05) is 28.1 Å². The molecule has 130 valence electrons. The van der Waals surface area contributed by atoms with Crippen LogP contribution < -0.4 is 15.4 Å². The maximum Gasteiger partial charge on any atom is 0.250 e. The highest BCUT2D eigenvalue weighted by Crippen LogP contribution is 2.36. The molecule has 1 amide bonds. The number of methoxy groups -OCH3 is 1. The van der Waals surface area contributed by atoms with Gasteiger partial charge in [0.15, 0.2) is 0 Å². The summed E-state index contributed by atoms with van der Waals surface area (Å²) in [5.74, 6) is 1.70. The highest BCUT2D eigenvalue weighted by atomic mass is 32.2. The summed E-state index contributed by atoms with van der Waals surface area (Å²) < 4.78 is 5.12. The van der Waals surface area contributed by atoms with Crippen LogP contribution >= 0.6 is 11.8 Å². The summed E-state index contributed by atoms with van der Waals surface area (Å²) in [6.45, 7) is 1.93. The number of anilines is 1. The van der Waals surface area contributed by atoms with E-state index < -0.39 is 0 Å². The van der Waals surface area contributed by atoms with Crippen LogP contribution in [0.15, 0.2) is 65.2 Å². The minimum absolute atomic E-state index is 0.145. The fourth-order valence-electron chi connectivity index (χ4n) is 2.86. The van der Waals surface area contributed by atoms with Gasteiger partial charge in [-0.25, -0.2) is 0 Å². The second-order valence-corrected chi connectivity index (χ2v) is 7.05. The van der Waals surface area contributed by atoms with Crippen LogP contribution in [-0.2, 0) is 4.79 Å². The first-order valence-corrected chi connectivity index (χ1v) is 9.26. The zero-order chi connectivity index (χ0) is 17.6. The summed E-state index contributed by atoms with van der Waals surface area (Å²) in [6.07, 6.45) is 2.65. The number of rotatable bonds is 5. The third kappa shape index (κ3) is 4.57. The lowest BCUT2D eigenvalue weighted by molar-refractivity contribution is -0.112. The third-order valence-corrected chi connectivity index (χ3v) is 5.19. The molecule has 25 heavy (non-hydrogen) atoms. The van der Waals surface area contributed by atoms with Gasteiger partial charge in [0.25, 0.3) is 0 Å². The van der Waals surface area contributed by atoms with Gasteiger partial charge in [-0.3, -0.25) is 4.79 Å². The Morgan fingerprint density at radius 1 is 1.20 bits per heavy atom. The van der Waals surface area contributed by atoms with Crippen molar-refractivity contribution in [3.05, 3.63) is 65.9 Å². The standard InChI is InChI=1S/C20H22N2O2S/c1-14(13-20(23)22-15-7-9-16(24-2)10-8-15)21-18-11-12-25-19-6-4-3-5-17(18)19/h3-10,13,18,21H,11-12H2,1-2H3,(H,22,23).